The lowest BCUT2D eigenvalue weighted by molar-refractivity contribution is -0.116. The number of carbonyl (C=O) groups excluding carboxylic acids is 1. The van der Waals surface area contributed by atoms with Gasteiger partial charge in [0.2, 0.25) is 5.91 Å². The fraction of sp³-hybridized carbons (Fsp3) is 0.105. The van der Waals surface area contributed by atoms with Crippen molar-refractivity contribution in [3.8, 4) is 0 Å². The van der Waals surface area contributed by atoms with Crippen LogP contribution in [0.5, 0.6) is 0 Å². The molecule has 10 nitrogen and oxygen atoms in total. The van der Waals surface area contributed by atoms with E-state index in [9.17, 15) is 21.6 Å². The molecule has 1 aliphatic rings. The number of aliphatic imine (C=N–C) groups is 1. The van der Waals surface area contributed by atoms with E-state index in [-0.39, 0.29) is 39.6 Å². The fourth-order valence-corrected chi connectivity index (χ4v) is 5.95. The average Bonchev–Trinajstić information content (AvgIpc) is 3.34. The Morgan fingerprint density at radius 1 is 1.12 bits per heavy atom. The van der Waals surface area contributed by atoms with Gasteiger partial charge in [-0.3, -0.25) is 19.2 Å². The van der Waals surface area contributed by atoms with Gasteiger partial charge >= 0.3 is 0 Å². The quantitative estimate of drug-likeness (QED) is 0.461. The minimum absolute atomic E-state index is 0.0129. The Labute approximate surface area is 188 Å². The van der Waals surface area contributed by atoms with Crippen molar-refractivity contribution in [3.63, 3.8) is 0 Å². The lowest BCUT2D eigenvalue weighted by Gasteiger charge is -2.08. The number of amidine groups is 1. The van der Waals surface area contributed by atoms with Gasteiger partial charge in [-0.05, 0) is 36.4 Å². The first-order valence-corrected chi connectivity index (χ1v) is 13.1. The summed E-state index contributed by atoms with van der Waals surface area (Å²) >= 11 is 1.16. The first kappa shape index (κ1) is 21.9. The molecule has 2 aromatic carbocycles. The molecule has 0 radical (unpaired) electrons. The fourth-order valence-electron chi connectivity index (χ4n) is 2.91. The molecule has 0 unspecified atom stereocenters. The third-order valence-corrected chi connectivity index (χ3v) is 7.94. The SMILES string of the molecule is O=C(CCN=C1NS(=O)(=O)c2ccccc21)Nc1ccc(S(=O)(=O)Nc2nccs2)cc1. The highest BCUT2D eigenvalue weighted by Crippen LogP contribution is 2.22. The number of benzene rings is 2. The Bertz CT molecular complexity index is 1380. The van der Waals surface area contributed by atoms with Crippen LogP contribution in [0.25, 0.3) is 0 Å². The van der Waals surface area contributed by atoms with Crippen molar-refractivity contribution in [2.75, 3.05) is 16.6 Å². The molecule has 0 spiro atoms. The second kappa shape index (κ2) is 8.68. The van der Waals surface area contributed by atoms with E-state index in [1.165, 1.54) is 36.5 Å². The molecule has 2 heterocycles. The van der Waals surface area contributed by atoms with Crippen LogP contribution >= 0.6 is 11.3 Å². The van der Waals surface area contributed by atoms with Crippen LogP contribution in [0.4, 0.5) is 10.8 Å². The molecule has 3 aromatic rings. The zero-order chi connectivity index (χ0) is 22.8. The van der Waals surface area contributed by atoms with Crippen molar-refractivity contribution in [2.24, 2.45) is 4.99 Å². The van der Waals surface area contributed by atoms with Gasteiger partial charge in [-0.25, -0.2) is 21.8 Å². The van der Waals surface area contributed by atoms with Gasteiger partial charge in [-0.2, -0.15) is 0 Å². The number of rotatable bonds is 7. The summed E-state index contributed by atoms with van der Waals surface area (Å²) in [6.45, 7) is 0.0716. The molecule has 0 atom stereocenters. The number of anilines is 2. The van der Waals surface area contributed by atoms with Crippen molar-refractivity contribution in [2.45, 2.75) is 16.2 Å². The molecular weight excluding hydrogens is 474 g/mol. The summed E-state index contributed by atoms with van der Waals surface area (Å²) in [4.78, 5) is 20.5. The smallest absolute Gasteiger partial charge is 0.263 e. The summed E-state index contributed by atoms with van der Waals surface area (Å²) < 4.78 is 53.6. The molecule has 1 amide bonds. The Kier molecular flexibility index (Phi) is 5.95. The Balaban J connectivity index is 1.35. The van der Waals surface area contributed by atoms with Crippen LogP contribution < -0.4 is 14.8 Å². The number of hydrogen-bond donors (Lipinski definition) is 3. The van der Waals surface area contributed by atoms with E-state index in [0.29, 0.717) is 11.3 Å². The molecule has 0 saturated heterocycles. The Hall–Kier alpha value is -3.29. The van der Waals surface area contributed by atoms with Crippen molar-refractivity contribution in [1.82, 2.24) is 9.71 Å². The van der Waals surface area contributed by atoms with E-state index in [4.69, 9.17) is 0 Å². The standard InChI is InChI=1S/C19H17N5O5S3/c25-17(9-10-20-18-15-3-1-2-4-16(15)32(28,29)23-18)22-13-5-7-14(8-6-13)31(26,27)24-19-21-11-12-30-19/h1-8,11-12H,9-10H2,(H,20,23)(H,21,24)(H,22,25). The second-order valence-electron chi connectivity index (χ2n) is 6.60. The van der Waals surface area contributed by atoms with Crippen LogP contribution in [0.2, 0.25) is 0 Å². The molecular formula is C19H17N5O5S3. The molecule has 13 heteroatoms. The highest BCUT2D eigenvalue weighted by Gasteiger charge is 2.29. The molecule has 3 N–H and O–H groups in total. The lowest BCUT2D eigenvalue weighted by atomic mass is 10.2. The Morgan fingerprint density at radius 2 is 1.88 bits per heavy atom. The summed E-state index contributed by atoms with van der Waals surface area (Å²) in [5, 5.41) is 4.57. The van der Waals surface area contributed by atoms with Gasteiger partial charge in [0, 0.05) is 29.2 Å². The number of aromatic nitrogens is 1. The van der Waals surface area contributed by atoms with Gasteiger partial charge in [-0.15, -0.1) is 11.3 Å². The summed E-state index contributed by atoms with van der Waals surface area (Å²) in [5.74, 6) is -0.143. The van der Waals surface area contributed by atoms with Crippen molar-refractivity contribution in [1.29, 1.82) is 0 Å². The maximum atomic E-state index is 12.3. The number of nitrogens with zero attached hydrogens (tertiary/aromatic N) is 2. The summed E-state index contributed by atoms with van der Waals surface area (Å²) in [6.07, 6.45) is 1.51. The molecule has 1 aromatic heterocycles. The van der Waals surface area contributed by atoms with Gasteiger partial charge in [0.1, 0.15) is 5.84 Å². The topological polar surface area (TPSA) is 147 Å². The summed E-state index contributed by atoms with van der Waals surface area (Å²) in [6, 6.07) is 12.2. The van der Waals surface area contributed by atoms with Crippen LogP contribution in [0, 0.1) is 0 Å². The van der Waals surface area contributed by atoms with Crippen LogP contribution in [-0.2, 0) is 24.8 Å². The molecule has 0 aliphatic carbocycles. The van der Waals surface area contributed by atoms with Crippen LogP contribution in [0.15, 0.2) is 74.9 Å². The van der Waals surface area contributed by atoms with E-state index in [1.54, 1.807) is 23.6 Å². The average molecular weight is 492 g/mol. The van der Waals surface area contributed by atoms with Gasteiger partial charge in [-0.1, -0.05) is 12.1 Å². The van der Waals surface area contributed by atoms with Gasteiger partial charge in [0.05, 0.1) is 16.3 Å². The number of thiazole rings is 1. The highest BCUT2D eigenvalue weighted by molar-refractivity contribution is 7.93. The molecule has 0 saturated carbocycles. The zero-order valence-corrected chi connectivity index (χ0v) is 18.8. The lowest BCUT2D eigenvalue weighted by Crippen LogP contribution is -2.23. The molecule has 32 heavy (non-hydrogen) atoms. The van der Waals surface area contributed by atoms with E-state index < -0.39 is 20.0 Å². The highest BCUT2D eigenvalue weighted by atomic mass is 32.2. The van der Waals surface area contributed by atoms with E-state index in [2.05, 4.69) is 24.7 Å². The zero-order valence-electron chi connectivity index (χ0n) is 16.3. The normalized spacial score (nSPS) is 15.7. The first-order valence-electron chi connectivity index (χ1n) is 9.23. The van der Waals surface area contributed by atoms with E-state index in [1.807, 2.05) is 0 Å². The monoisotopic (exact) mass is 491 g/mol. The maximum Gasteiger partial charge on any atom is 0.263 e. The van der Waals surface area contributed by atoms with Crippen LogP contribution in [0.3, 0.4) is 0 Å². The van der Waals surface area contributed by atoms with Gasteiger partial charge in [0.25, 0.3) is 20.0 Å². The number of amides is 1. The Morgan fingerprint density at radius 3 is 2.59 bits per heavy atom. The predicted molar refractivity (Wildman–Crippen MR) is 121 cm³/mol. The van der Waals surface area contributed by atoms with Gasteiger partial charge < -0.3 is 5.32 Å². The van der Waals surface area contributed by atoms with Crippen LogP contribution in [-0.4, -0.2) is 40.1 Å². The number of sulfonamides is 2. The molecule has 0 fully saturated rings. The maximum absolute atomic E-state index is 12.3. The number of nitrogens with one attached hydrogen (secondary N) is 3. The molecule has 1 aliphatic heterocycles. The summed E-state index contributed by atoms with van der Waals surface area (Å²) in [7, 11) is -7.40. The van der Waals surface area contributed by atoms with Crippen molar-refractivity contribution >= 4 is 53.9 Å². The largest absolute Gasteiger partial charge is 0.326 e. The molecule has 0 bridgehead atoms. The molecule has 4 rings (SSSR count). The van der Waals surface area contributed by atoms with Crippen molar-refractivity contribution in [3.05, 3.63) is 65.7 Å². The number of carbonyl (C=O) groups is 1. The predicted octanol–water partition coefficient (Wildman–Crippen LogP) is 2.01. The minimum atomic E-state index is -3.77. The van der Waals surface area contributed by atoms with E-state index >= 15 is 0 Å². The second-order valence-corrected chi connectivity index (χ2v) is 10.8. The first-order chi connectivity index (χ1) is 15.2. The van der Waals surface area contributed by atoms with Crippen LogP contribution in [0.1, 0.15) is 12.0 Å². The van der Waals surface area contributed by atoms with E-state index in [0.717, 1.165) is 11.3 Å². The third kappa shape index (κ3) is 4.79. The summed E-state index contributed by atoms with van der Waals surface area (Å²) in [5.41, 5.74) is 0.888. The van der Waals surface area contributed by atoms with Gasteiger partial charge in [0.15, 0.2) is 5.13 Å². The number of hydrogen-bond acceptors (Lipinski definition) is 8. The number of fused-ring (bicyclic) bond motifs is 1. The molecule has 166 valence electrons. The third-order valence-electron chi connectivity index (χ3n) is 4.37. The minimum Gasteiger partial charge on any atom is -0.326 e. The van der Waals surface area contributed by atoms with Crippen molar-refractivity contribution < 1.29 is 21.6 Å².